The second-order valence-corrected chi connectivity index (χ2v) is 14.0. The highest BCUT2D eigenvalue weighted by atomic mass is 35.5. The molecule has 0 aliphatic carbocycles. The Balaban J connectivity index is 1.27. The number of H-pyrrole nitrogens is 2. The summed E-state index contributed by atoms with van der Waals surface area (Å²) in [5, 5.41) is 15.9. The molecule has 16 heteroatoms. The number of aromatic nitrogens is 6. The molecule has 3 aromatic heterocycles. The number of hydrogen-bond donors (Lipinski definition) is 2. The zero-order valence-electron chi connectivity index (χ0n) is 22.9. The van der Waals surface area contributed by atoms with E-state index >= 15 is 0 Å². The van der Waals surface area contributed by atoms with Crippen molar-refractivity contribution in [3.05, 3.63) is 50.7 Å². The lowest BCUT2D eigenvalue weighted by Crippen LogP contribution is -2.56. The van der Waals surface area contributed by atoms with Crippen LogP contribution in [0.3, 0.4) is 0 Å². The molecule has 2 unspecified atom stereocenters. The fourth-order valence-electron chi connectivity index (χ4n) is 5.69. The van der Waals surface area contributed by atoms with Gasteiger partial charge < -0.3 is 9.88 Å². The maximum Gasteiger partial charge on any atom is 0.283 e. The van der Waals surface area contributed by atoms with Crippen molar-refractivity contribution in [2.24, 2.45) is 0 Å². The summed E-state index contributed by atoms with van der Waals surface area (Å²) >= 11 is 7.54. The molecule has 0 radical (unpaired) electrons. The summed E-state index contributed by atoms with van der Waals surface area (Å²) in [6.07, 6.45) is 1.74. The van der Waals surface area contributed by atoms with Crippen LogP contribution in [0.5, 0.6) is 0 Å². The quantitative estimate of drug-likeness (QED) is 0.317. The molecule has 2 N–H and O–H groups in total. The third kappa shape index (κ3) is 5.37. The summed E-state index contributed by atoms with van der Waals surface area (Å²) in [4.78, 5) is 28.9. The number of fused-ring (bicyclic) bond motifs is 2. The normalized spacial score (nSPS) is 20.7. The van der Waals surface area contributed by atoms with E-state index in [1.54, 1.807) is 29.2 Å². The maximum atomic E-state index is 13.9. The van der Waals surface area contributed by atoms with E-state index < -0.39 is 16.1 Å². The molecule has 1 amide bonds. The number of carbonyl (C=O) groups excluding carboxylic acids is 1. The molecule has 2 atom stereocenters. The van der Waals surface area contributed by atoms with E-state index in [9.17, 15) is 13.2 Å². The molecule has 6 rings (SSSR count). The summed E-state index contributed by atoms with van der Waals surface area (Å²) < 4.78 is 28.9. The first-order valence-corrected chi connectivity index (χ1v) is 15.9. The number of piperazine rings is 1. The van der Waals surface area contributed by atoms with Gasteiger partial charge in [0.25, 0.3) is 15.9 Å². The first-order chi connectivity index (χ1) is 19.6. The minimum absolute atomic E-state index is 0.0556. The van der Waals surface area contributed by atoms with E-state index in [0.717, 1.165) is 23.5 Å². The van der Waals surface area contributed by atoms with Gasteiger partial charge in [-0.3, -0.25) is 14.6 Å². The molecule has 41 heavy (non-hydrogen) atoms. The second kappa shape index (κ2) is 11.0. The van der Waals surface area contributed by atoms with E-state index in [1.807, 2.05) is 14.1 Å². The number of likely N-dealkylation sites (N-methyl/N-ethyl adjacent to an activating group) is 1. The maximum absolute atomic E-state index is 13.9. The highest BCUT2D eigenvalue weighted by Gasteiger charge is 2.39. The number of carbonyl (C=O) groups is 1. The molecule has 13 nitrogen and oxygen atoms in total. The van der Waals surface area contributed by atoms with Gasteiger partial charge in [-0.15, -0.1) is 21.5 Å². The van der Waals surface area contributed by atoms with Gasteiger partial charge in [0.2, 0.25) is 0 Å². The minimum Gasteiger partial charge on any atom is -0.345 e. The number of benzene rings is 1. The third-order valence-corrected chi connectivity index (χ3v) is 10.9. The first-order valence-electron chi connectivity index (χ1n) is 13.3. The molecule has 218 valence electrons. The van der Waals surface area contributed by atoms with E-state index in [2.05, 4.69) is 42.5 Å². The van der Waals surface area contributed by atoms with Crippen LogP contribution in [0.25, 0.3) is 10.9 Å². The smallest absolute Gasteiger partial charge is 0.283 e. The van der Waals surface area contributed by atoms with Crippen molar-refractivity contribution >= 4 is 49.8 Å². The Hall–Kier alpha value is -2.95. The Bertz CT molecular complexity index is 1670. The highest BCUT2D eigenvalue weighted by molar-refractivity contribution is 7.89. The molecule has 5 heterocycles. The van der Waals surface area contributed by atoms with Crippen molar-refractivity contribution in [2.45, 2.75) is 36.5 Å². The van der Waals surface area contributed by atoms with Crippen LogP contribution >= 0.6 is 22.9 Å². The number of aromatic amines is 2. The zero-order chi connectivity index (χ0) is 28.9. The molecule has 1 saturated heterocycles. The largest absolute Gasteiger partial charge is 0.345 e. The Labute approximate surface area is 246 Å². The summed E-state index contributed by atoms with van der Waals surface area (Å²) in [7, 11) is 2.26. The molecule has 1 fully saturated rings. The van der Waals surface area contributed by atoms with E-state index in [0.29, 0.717) is 39.6 Å². The van der Waals surface area contributed by atoms with Crippen LogP contribution in [0.4, 0.5) is 0 Å². The summed E-state index contributed by atoms with van der Waals surface area (Å²) in [6.45, 7) is 1.40. The fraction of sp³-hybridized carbons (Fsp3) is 0.480. The molecule has 0 spiro atoms. The van der Waals surface area contributed by atoms with Gasteiger partial charge in [-0.1, -0.05) is 16.8 Å². The van der Waals surface area contributed by atoms with E-state index in [1.165, 1.54) is 15.6 Å². The lowest BCUT2D eigenvalue weighted by molar-refractivity contribution is 0.0549. The standard InChI is InChI=1S/C25H31ClN10O3S2/c1-33(2)24-22-19(8-9-34(24)3)28-23(40-22)25(37)36-11-10-35(14-17(36)5-7-20-29-31-32-30-20)41(38,39)21-13-15-12-16(26)4-6-18(15)27-21/h4,6,12-13,17,24,27H,5,7-11,14H2,1-3H3,(H,29,30,31,32). The zero-order valence-corrected chi connectivity index (χ0v) is 25.3. The average molecular weight is 619 g/mol. The first kappa shape index (κ1) is 28.2. The fourth-order valence-corrected chi connectivity index (χ4v) is 8.69. The topological polar surface area (TPSA) is 147 Å². The van der Waals surface area contributed by atoms with Gasteiger partial charge in [0, 0.05) is 61.0 Å². The average Bonchev–Trinajstić information content (AvgIpc) is 3.70. The van der Waals surface area contributed by atoms with Gasteiger partial charge in [0.15, 0.2) is 10.8 Å². The van der Waals surface area contributed by atoms with E-state index in [-0.39, 0.29) is 36.7 Å². The van der Waals surface area contributed by atoms with Crippen molar-refractivity contribution < 1.29 is 13.2 Å². The number of hydrogen-bond acceptors (Lipinski definition) is 10. The number of halogens is 1. The van der Waals surface area contributed by atoms with Gasteiger partial charge in [0.05, 0.1) is 16.7 Å². The lowest BCUT2D eigenvalue weighted by atomic mass is 10.1. The van der Waals surface area contributed by atoms with Crippen molar-refractivity contribution in [2.75, 3.05) is 47.3 Å². The van der Waals surface area contributed by atoms with Crippen molar-refractivity contribution in [1.82, 2.24) is 49.6 Å². The van der Waals surface area contributed by atoms with Crippen molar-refractivity contribution in [1.29, 1.82) is 0 Å². The molecule has 0 saturated carbocycles. The molecule has 1 aromatic carbocycles. The van der Waals surface area contributed by atoms with Gasteiger partial charge >= 0.3 is 0 Å². The lowest BCUT2D eigenvalue weighted by Gasteiger charge is -2.40. The minimum atomic E-state index is -3.86. The van der Waals surface area contributed by atoms with Crippen LogP contribution in [0.15, 0.2) is 29.3 Å². The number of tetrazole rings is 1. The van der Waals surface area contributed by atoms with Crippen molar-refractivity contribution in [3.8, 4) is 0 Å². The van der Waals surface area contributed by atoms with Gasteiger partial charge in [-0.2, -0.15) is 9.52 Å². The number of sulfonamides is 1. The molecule has 0 bridgehead atoms. The number of rotatable bonds is 7. The van der Waals surface area contributed by atoms with Crippen LogP contribution in [0.1, 0.15) is 38.8 Å². The van der Waals surface area contributed by atoms with E-state index in [4.69, 9.17) is 16.6 Å². The molecule has 2 aliphatic heterocycles. The van der Waals surface area contributed by atoms with Crippen LogP contribution in [0, 0.1) is 0 Å². The van der Waals surface area contributed by atoms with Crippen molar-refractivity contribution in [3.63, 3.8) is 0 Å². The predicted molar refractivity (Wildman–Crippen MR) is 154 cm³/mol. The molecular weight excluding hydrogens is 588 g/mol. The summed E-state index contributed by atoms with van der Waals surface area (Å²) in [6, 6.07) is 6.39. The van der Waals surface area contributed by atoms with Crippen LogP contribution in [0.2, 0.25) is 5.02 Å². The Kier molecular flexibility index (Phi) is 7.59. The number of nitrogens with zero attached hydrogens (tertiary/aromatic N) is 8. The second-order valence-electron chi connectivity index (χ2n) is 10.6. The SMILES string of the molecule is CN(C)C1c2sc(C(=O)N3CCN(S(=O)(=O)c4cc5cc(Cl)ccc5[nH]4)CC3CCc3nn[nH]n3)nc2CCN1C. The van der Waals surface area contributed by atoms with Crippen LogP contribution < -0.4 is 0 Å². The predicted octanol–water partition coefficient (Wildman–Crippen LogP) is 1.99. The highest BCUT2D eigenvalue weighted by Crippen LogP contribution is 2.35. The van der Waals surface area contributed by atoms with Crippen LogP contribution in [-0.4, -0.2) is 117 Å². The summed E-state index contributed by atoms with van der Waals surface area (Å²) in [5.74, 6) is 0.325. The van der Waals surface area contributed by atoms with Gasteiger partial charge in [-0.25, -0.2) is 13.4 Å². The molecular formula is C25H31ClN10O3S2. The number of nitrogens with one attached hydrogen (secondary N) is 2. The Morgan fingerprint density at radius 1 is 1.22 bits per heavy atom. The number of aryl methyl sites for hydroxylation is 1. The Morgan fingerprint density at radius 2 is 2.05 bits per heavy atom. The monoisotopic (exact) mass is 618 g/mol. The molecule has 4 aromatic rings. The summed E-state index contributed by atoms with van der Waals surface area (Å²) in [5.41, 5.74) is 1.64. The molecule has 2 aliphatic rings. The number of thiazole rings is 1. The Morgan fingerprint density at radius 3 is 2.80 bits per heavy atom. The third-order valence-electron chi connectivity index (χ3n) is 7.73. The van der Waals surface area contributed by atoms with Gasteiger partial charge in [0.1, 0.15) is 5.03 Å². The number of amides is 1. The van der Waals surface area contributed by atoms with Crippen LogP contribution in [-0.2, 0) is 22.9 Å². The van der Waals surface area contributed by atoms with Gasteiger partial charge in [-0.05, 0) is 51.8 Å².